The second kappa shape index (κ2) is 5.86. The molecule has 0 radical (unpaired) electrons. The van der Waals surface area contributed by atoms with E-state index in [2.05, 4.69) is 34.2 Å². The van der Waals surface area contributed by atoms with Crippen molar-refractivity contribution >= 4 is 17.6 Å². The number of benzene rings is 2. The van der Waals surface area contributed by atoms with E-state index in [0.29, 0.717) is 5.57 Å². The molecular weight excluding hydrogens is 298 g/mol. The average Bonchev–Trinajstić information content (AvgIpc) is 2.67. The highest BCUT2D eigenvalue weighted by Gasteiger charge is 2.26. The molecule has 0 N–H and O–H groups in total. The van der Waals surface area contributed by atoms with Crippen molar-refractivity contribution in [3.63, 3.8) is 0 Å². The fourth-order valence-corrected chi connectivity index (χ4v) is 3.25. The molecule has 0 saturated carbocycles. The van der Waals surface area contributed by atoms with Gasteiger partial charge in [0, 0.05) is 24.3 Å². The van der Waals surface area contributed by atoms with Crippen LogP contribution in [0.15, 0.2) is 53.0 Å². The number of aliphatic imine (C=N–C) groups is 1. The summed E-state index contributed by atoms with van der Waals surface area (Å²) in [6.45, 7) is 1.71. The van der Waals surface area contributed by atoms with Crippen molar-refractivity contribution in [2.45, 2.75) is 6.42 Å². The van der Waals surface area contributed by atoms with Crippen LogP contribution in [0.1, 0.15) is 12.0 Å². The normalized spacial score (nSPS) is 15.6. The zero-order chi connectivity index (χ0) is 16.5. The standard InChI is InChI=1S/C20H17N3O/c1-24-18-6-3-14(4-7-18)15-5-8-19-16(11-15)12-17(13-21)20-22-9-2-10-23(19)20/h3-8,11-12H,2,9-10H2,1H3. The molecule has 2 aliphatic heterocycles. The molecular formula is C20H17N3O. The van der Waals surface area contributed by atoms with Crippen LogP contribution in [0.4, 0.5) is 5.69 Å². The van der Waals surface area contributed by atoms with Crippen LogP contribution >= 0.6 is 0 Å². The van der Waals surface area contributed by atoms with Crippen LogP contribution in [0, 0.1) is 11.3 Å². The van der Waals surface area contributed by atoms with E-state index < -0.39 is 0 Å². The van der Waals surface area contributed by atoms with Crippen LogP contribution in [0.5, 0.6) is 5.75 Å². The summed E-state index contributed by atoms with van der Waals surface area (Å²) < 4.78 is 5.22. The molecule has 4 heteroatoms. The number of nitrogens with zero attached hydrogens (tertiary/aromatic N) is 3. The third kappa shape index (κ3) is 2.35. The van der Waals surface area contributed by atoms with Gasteiger partial charge in [0.1, 0.15) is 17.7 Å². The Labute approximate surface area is 141 Å². The van der Waals surface area contributed by atoms with Gasteiger partial charge in [-0.15, -0.1) is 0 Å². The maximum atomic E-state index is 9.46. The van der Waals surface area contributed by atoms with E-state index in [1.165, 1.54) is 0 Å². The van der Waals surface area contributed by atoms with Crippen molar-refractivity contribution in [2.75, 3.05) is 25.1 Å². The first-order chi connectivity index (χ1) is 11.8. The first kappa shape index (κ1) is 14.5. The highest BCUT2D eigenvalue weighted by Crippen LogP contribution is 2.35. The van der Waals surface area contributed by atoms with E-state index in [9.17, 15) is 5.26 Å². The number of hydrogen-bond donors (Lipinski definition) is 0. The van der Waals surface area contributed by atoms with Gasteiger partial charge in [0.25, 0.3) is 0 Å². The molecule has 2 heterocycles. The molecule has 0 amide bonds. The van der Waals surface area contributed by atoms with Crippen molar-refractivity contribution in [2.24, 2.45) is 4.99 Å². The van der Waals surface area contributed by atoms with E-state index in [-0.39, 0.29) is 0 Å². The van der Waals surface area contributed by atoms with Crippen LogP contribution in [-0.4, -0.2) is 26.0 Å². The van der Waals surface area contributed by atoms with Gasteiger partial charge in [-0.05, 0) is 47.9 Å². The van der Waals surface area contributed by atoms with Gasteiger partial charge in [0.05, 0.1) is 12.7 Å². The Kier molecular flexibility index (Phi) is 3.55. The predicted molar refractivity (Wildman–Crippen MR) is 96.3 cm³/mol. The molecule has 2 aromatic carbocycles. The molecule has 118 valence electrons. The van der Waals surface area contributed by atoms with E-state index in [0.717, 1.165) is 53.5 Å². The van der Waals surface area contributed by atoms with Gasteiger partial charge < -0.3 is 9.64 Å². The number of rotatable bonds is 2. The quantitative estimate of drug-likeness (QED) is 0.844. The number of amidine groups is 1. The molecule has 0 aliphatic carbocycles. The Bertz CT molecular complexity index is 888. The summed E-state index contributed by atoms with van der Waals surface area (Å²) in [5, 5.41) is 9.46. The predicted octanol–water partition coefficient (Wildman–Crippen LogP) is 3.89. The van der Waals surface area contributed by atoms with Crippen LogP contribution in [-0.2, 0) is 0 Å². The van der Waals surface area contributed by atoms with Gasteiger partial charge in [0.15, 0.2) is 0 Å². The second-order valence-electron chi connectivity index (χ2n) is 5.88. The van der Waals surface area contributed by atoms with E-state index in [4.69, 9.17) is 4.74 Å². The molecule has 0 atom stereocenters. The van der Waals surface area contributed by atoms with Gasteiger partial charge in [-0.1, -0.05) is 18.2 Å². The summed E-state index contributed by atoms with van der Waals surface area (Å²) in [7, 11) is 1.67. The zero-order valence-corrected chi connectivity index (χ0v) is 13.5. The fraction of sp³-hybridized carbons (Fsp3) is 0.200. The maximum Gasteiger partial charge on any atom is 0.146 e. The third-order valence-electron chi connectivity index (χ3n) is 4.46. The smallest absolute Gasteiger partial charge is 0.146 e. The Morgan fingerprint density at radius 1 is 1.12 bits per heavy atom. The van der Waals surface area contributed by atoms with Crippen LogP contribution < -0.4 is 9.64 Å². The average molecular weight is 315 g/mol. The number of methoxy groups -OCH3 is 1. The highest BCUT2D eigenvalue weighted by molar-refractivity contribution is 6.18. The molecule has 0 aromatic heterocycles. The summed E-state index contributed by atoms with van der Waals surface area (Å²) in [5.41, 5.74) is 5.10. The molecule has 0 unspecified atom stereocenters. The summed E-state index contributed by atoms with van der Waals surface area (Å²) in [6, 6.07) is 16.7. The first-order valence-electron chi connectivity index (χ1n) is 8.03. The van der Waals surface area contributed by atoms with E-state index in [1.54, 1.807) is 7.11 Å². The van der Waals surface area contributed by atoms with E-state index in [1.807, 2.05) is 30.3 Å². The van der Waals surface area contributed by atoms with Crippen LogP contribution in [0.3, 0.4) is 0 Å². The lowest BCUT2D eigenvalue weighted by Gasteiger charge is -2.33. The number of hydrogen-bond acceptors (Lipinski definition) is 4. The Balaban J connectivity index is 1.79. The van der Waals surface area contributed by atoms with Crippen molar-refractivity contribution in [1.82, 2.24) is 0 Å². The van der Waals surface area contributed by atoms with Crippen LogP contribution in [0.2, 0.25) is 0 Å². The summed E-state index contributed by atoms with van der Waals surface area (Å²) >= 11 is 0. The molecule has 0 saturated heterocycles. The van der Waals surface area contributed by atoms with Crippen molar-refractivity contribution in [1.29, 1.82) is 5.26 Å². The molecule has 0 spiro atoms. The second-order valence-corrected chi connectivity index (χ2v) is 5.88. The zero-order valence-electron chi connectivity index (χ0n) is 13.5. The monoisotopic (exact) mass is 315 g/mol. The summed E-state index contributed by atoms with van der Waals surface area (Å²) in [5.74, 6) is 1.66. The van der Waals surface area contributed by atoms with Gasteiger partial charge in [0.2, 0.25) is 0 Å². The van der Waals surface area contributed by atoms with Gasteiger partial charge >= 0.3 is 0 Å². The van der Waals surface area contributed by atoms with Gasteiger partial charge in [-0.25, -0.2) is 0 Å². The SMILES string of the molecule is COc1ccc(-c2ccc3c(c2)C=C(C#N)C2=NCCCN23)cc1. The van der Waals surface area contributed by atoms with Crippen molar-refractivity contribution in [3.8, 4) is 22.9 Å². The van der Waals surface area contributed by atoms with Gasteiger partial charge in [-0.2, -0.15) is 5.26 Å². The minimum Gasteiger partial charge on any atom is -0.497 e. The Morgan fingerprint density at radius 2 is 1.92 bits per heavy atom. The summed E-state index contributed by atoms with van der Waals surface area (Å²) in [6.07, 6.45) is 2.96. The number of nitriles is 1. The molecule has 4 nitrogen and oxygen atoms in total. The number of anilines is 1. The maximum absolute atomic E-state index is 9.46. The topological polar surface area (TPSA) is 48.6 Å². The van der Waals surface area contributed by atoms with E-state index >= 15 is 0 Å². The van der Waals surface area contributed by atoms with Crippen molar-refractivity contribution in [3.05, 3.63) is 53.6 Å². The lowest BCUT2D eigenvalue weighted by molar-refractivity contribution is 0.415. The first-order valence-corrected chi connectivity index (χ1v) is 8.03. The minimum absolute atomic E-state index is 0.647. The molecule has 0 fully saturated rings. The Hall–Kier alpha value is -3.06. The van der Waals surface area contributed by atoms with Crippen molar-refractivity contribution < 1.29 is 4.74 Å². The fourth-order valence-electron chi connectivity index (χ4n) is 3.25. The number of ether oxygens (including phenoxy) is 1. The lowest BCUT2D eigenvalue weighted by atomic mass is 9.96. The molecule has 4 rings (SSSR count). The minimum atomic E-state index is 0.647. The molecule has 0 bridgehead atoms. The van der Waals surface area contributed by atoms with Crippen LogP contribution in [0.25, 0.3) is 17.2 Å². The number of fused-ring (bicyclic) bond motifs is 3. The molecule has 2 aromatic rings. The Morgan fingerprint density at radius 3 is 2.67 bits per heavy atom. The van der Waals surface area contributed by atoms with Gasteiger partial charge in [-0.3, -0.25) is 4.99 Å². The lowest BCUT2D eigenvalue weighted by Crippen LogP contribution is -2.38. The summed E-state index contributed by atoms with van der Waals surface area (Å²) in [4.78, 5) is 6.70. The molecule has 24 heavy (non-hydrogen) atoms. The highest BCUT2D eigenvalue weighted by atomic mass is 16.5. The molecule has 2 aliphatic rings. The largest absolute Gasteiger partial charge is 0.497 e. The third-order valence-corrected chi connectivity index (χ3v) is 4.46.